The second kappa shape index (κ2) is 7.07. The predicted molar refractivity (Wildman–Crippen MR) is 97.7 cm³/mol. The third-order valence-electron chi connectivity index (χ3n) is 4.24. The highest BCUT2D eigenvalue weighted by Crippen LogP contribution is 2.39. The van der Waals surface area contributed by atoms with Crippen molar-refractivity contribution in [1.82, 2.24) is 4.90 Å². The summed E-state index contributed by atoms with van der Waals surface area (Å²) in [5.41, 5.74) is 0.857. The van der Waals surface area contributed by atoms with Gasteiger partial charge in [0.25, 0.3) is 0 Å². The molecule has 0 N–H and O–H groups in total. The Hall–Kier alpha value is -1.41. The third-order valence-corrected chi connectivity index (χ3v) is 7.49. The van der Waals surface area contributed by atoms with Gasteiger partial charge >= 0.3 is 0 Å². The Kier molecular flexibility index (Phi) is 5.20. The fraction of sp³-hybridized carbons (Fsp3) is 0.529. The van der Waals surface area contributed by atoms with Crippen LogP contribution >= 0.6 is 11.8 Å². The minimum absolute atomic E-state index is 0.0727. The summed E-state index contributed by atoms with van der Waals surface area (Å²) in [6, 6.07) is 5.91. The zero-order valence-electron chi connectivity index (χ0n) is 14.2. The quantitative estimate of drug-likeness (QED) is 0.798. The molecule has 0 saturated carbocycles. The van der Waals surface area contributed by atoms with Crippen molar-refractivity contribution >= 4 is 32.7 Å². The molecule has 0 aliphatic carbocycles. The molecule has 1 aromatic rings. The number of carbonyl (C=O) groups excluding carboxylic acids is 1. The highest BCUT2D eigenvalue weighted by atomic mass is 32.2. The summed E-state index contributed by atoms with van der Waals surface area (Å²) in [5, 5.41) is 0.482. The van der Waals surface area contributed by atoms with Crippen molar-refractivity contribution in [3.63, 3.8) is 0 Å². The molecule has 136 valence electrons. The monoisotopic (exact) mass is 384 g/mol. The van der Waals surface area contributed by atoms with Gasteiger partial charge in [0, 0.05) is 18.2 Å². The van der Waals surface area contributed by atoms with Crippen molar-refractivity contribution in [2.75, 3.05) is 11.5 Å². The normalized spacial score (nSPS) is 26.4. The van der Waals surface area contributed by atoms with Crippen molar-refractivity contribution in [3.05, 3.63) is 35.6 Å². The Morgan fingerprint density at radius 1 is 1.32 bits per heavy atom. The Bertz CT molecular complexity index is 791. The van der Waals surface area contributed by atoms with E-state index in [-0.39, 0.29) is 40.4 Å². The maximum Gasteiger partial charge on any atom is 0.248 e. The largest absolute Gasteiger partial charge is 0.342 e. The maximum atomic E-state index is 13.1. The number of amidine groups is 1. The molecule has 2 aliphatic heterocycles. The number of thioether (sulfide) groups is 1. The molecular formula is C17H21FN2O3S2. The number of nitrogens with zero attached hydrogens (tertiary/aromatic N) is 2. The fourth-order valence-corrected chi connectivity index (χ4v) is 7.08. The van der Waals surface area contributed by atoms with Gasteiger partial charge in [-0.2, -0.15) is 4.99 Å². The summed E-state index contributed by atoms with van der Waals surface area (Å²) >= 11 is 1.37. The van der Waals surface area contributed by atoms with Crippen LogP contribution in [0.4, 0.5) is 4.39 Å². The van der Waals surface area contributed by atoms with Gasteiger partial charge in [0.15, 0.2) is 15.0 Å². The molecule has 1 amide bonds. The molecule has 5 nitrogen and oxygen atoms in total. The first-order valence-corrected chi connectivity index (χ1v) is 10.9. The molecule has 2 fully saturated rings. The molecule has 25 heavy (non-hydrogen) atoms. The van der Waals surface area contributed by atoms with E-state index in [0.29, 0.717) is 18.1 Å². The first kappa shape index (κ1) is 18.4. The number of halogens is 1. The average Bonchev–Trinajstić information content (AvgIpc) is 2.93. The lowest BCUT2D eigenvalue weighted by atomic mass is 10.1. The molecule has 0 spiro atoms. The average molecular weight is 384 g/mol. The number of sulfone groups is 1. The molecular weight excluding hydrogens is 363 g/mol. The van der Waals surface area contributed by atoms with Crippen LogP contribution in [0.15, 0.2) is 29.3 Å². The Labute approximate surface area is 151 Å². The molecule has 3 rings (SSSR count). The van der Waals surface area contributed by atoms with Crippen LogP contribution < -0.4 is 0 Å². The van der Waals surface area contributed by atoms with Crippen LogP contribution in [0, 0.1) is 11.7 Å². The summed E-state index contributed by atoms with van der Waals surface area (Å²) in [6.07, 6.45) is 0.363. The van der Waals surface area contributed by atoms with Gasteiger partial charge in [-0.15, -0.1) is 0 Å². The highest BCUT2D eigenvalue weighted by molar-refractivity contribution is 8.15. The number of amides is 1. The van der Waals surface area contributed by atoms with E-state index in [4.69, 9.17) is 0 Å². The van der Waals surface area contributed by atoms with Crippen LogP contribution in [-0.2, 0) is 21.2 Å². The summed E-state index contributed by atoms with van der Waals surface area (Å²) in [6.45, 7) is 4.33. The van der Waals surface area contributed by atoms with Crippen LogP contribution in [0.25, 0.3) is 0 Å². The van der Waals surface area contributed by atoms with Crippen molar-refractivity contribution in [3.8, 4) is 0 Å². The molecule has 1 aromatic carbocycles. The lowest BCUT2D eigenvalue weighted by Gasteiger charge is -2.24. The van der Waals surface area contributed by atoms with E-state index in [9.17, 15) is 17.6 Å². The molecule has 2 heterocycles. The molecule has 8 heteroatoms. The number of hydrogen-bond acceptors (Lipinski definition) is 4. The molecule has 0 radical (unpaired) electrons. The lowest BCUT2D eigenvalue weighted by Crippen LogP contribution is -2.37. The van der Waals surface area contributed by atoms with Gasteiger partial charge < -0.3 is 4.90 Å². The van der Waals surface area contributed by atoms with Crippen molar-refractivity contribution in [2.24, 2.45) is 10.9 Å². The number of rotatable bonds is 4. The van der Waals surface area contributed by atoms with Crippen molar-refractivity contribution in [1.29, 1.82) is 0 Å². The topological polar surface area (TPSA) is 66.8 Å². The van der Waals surface area contributed by atoms with Crippen LogP contribution in [-0.4, -0.2) is 47.2 Å². The van der Waals surface area contributed by atoms with Crippen LogP contribution in [0.3, 0.4) is 0 Å². The van der Waals surface area contributed by atoms with Crippen LogP contribution in [0.5, 0.6) is 0 Å². The Morgan fingerprint density at radius 3 is 2.64 bits per heavy atom. The van der Waals surface area contributed by atoms with E-state index in [2.05, 4.69) is 4.99 Å². The summed E-state index contributed by atoms with van der Waals surface area (Å²) in [4.78, 5) is 18.2. The molecule has 2 aliphatic rings. The predicted octanol–water partition coefficient (Wildman–Crippen LogP) is 2.47. The summed E-state index contributed by atoms with van der Waals surface area (Å²) < 4.78 is 37.1. The zero-order chi connectivity index (χ0) is 18.2. The number of aliphatic imine (C=N–C) groups is 1. The maximum absolute atomic E-state index is 13.1. The minimum atomic E-state index is -3.07. The van der Waals surface area contributed by atoms with Gasteiger partial charge in [-0.1, -0.05) is 37.7 Å². The molecule has 2 unspecified atom stereocenters. The number of benzene rings is 1. The van der Waals surface area contributed by atoms with E-state index in [1.165, 1.54) is 23.9 Å². The summed E-state index contributed by atoms with van der Waals surface area (Å²) in [5.74, 6) is -0.108. The first-order valence-electron chi connectivity index (χ1n) is 8.23. The smallest absolute Gasteiger partial charge is 0.248 e. The zero-order valence-corrected chi connectivity index (χ0v) is 15.8. The van der Waals surface area contributed by atoms with Gasteiger partial charge in [-0.05, 0) is 23.6 Å². The number of carbonyl (C=O) groups is 1. The second-order valence-electron chi connectivity index (χ2n) is 6.94. The van der Waals surface area contributed by atoms with Gasteiger partial charge in [-0.3, -0.25) is 4.79 Å². The minimum Gasteiger partial charge on any atom is -0.342 e. The number of fused-ring (bicyclic) bond motifs is 1. The molecule has 2 saturated heterocycles. The van der Waals surface area contributed by atoms with Gasteiger partial charge in [-0.25, -0.2) is 12.8 Å². The van der Waals surface area contributed by atoms with E-state index < -0.39 is 9.84 Å². The molecule has 2 atom stereocenters. The Balaban J connectivity index is 1.85. The SMILES string of the molecule is CC(C)CC(=O)N=C1SC2CS(=O)(=O)CC2N1Cc1ccc(F)cc1. The summed E-state index contributed by atoms with van der Waals surface area (Å²) in [7, 11) is -3.07. The van der Waals surface area contributed by atoms with E-state index >= 15 is 0 Å². The van der Waals surface area contributed by atoms with E-state index in [1.807, 2.05) is 18.7 Å². The van der Waals surface area contributed by atoms with Crippen molar-refractivity contribution < 1.29 is 17.6 Å². The fourth-order valence-electron chi connectivity index (χ4n) is 3.11. The van der Waals surface area contributed by atoms with Crippen molar-refractivity contribution in [2.45, 2.75) is 38.1 Å². The lowest BCUT2D eigenvalue weighted by molar-refractivity contribution is -0.118. The van der Waals surface area contributed by atoms with E-state index in [1.54, 1.807) is 12.1 Å². The molecule has 0 aromatic heterocycles. The first-order chi connectivity index (χ1) is 11.7. The van der Waals surface area contributed by atoms with Crippen LogP contribution in [0.1, 0.15) is 25.8 Å². The Morgan fingerprint density at radius 2 is 2.00 bits per heavy atom. The van der Waals surface area contributed by atoms with Gasteiger partial charge in [0.1, 0.15) is 5.82 Å². The van der Waals surface area contributed by atoms with Gasteiger partial charge in [0.05, 0.1) is 17.5 Å². The second-order valence-corrected chi connectivity index (χ2v) is 10.3. The van der Waals surface area contributed by atoms with E-state index in [0.717, 1.165) is 5.56 Å². The number of hydrogen-bond donors (Lipinski definition) is 0. The van der Waals surface area contributed by atoms with Crippen LogP contribution in [0.2, 0.25) is 0 Å². The standard InChI is InChI=1S/C17H21FN2O3S2/c1-11(2)7-16(21)19-17-20(8-12-3-5-13(18)6-4-12)14-9-25(22,23)10-15(14)24-17/h3-6,11,14-15H,7-10H2,1-2H3. The third kappa shape index (κ3) is 4.41. The highest BCUT2D eigenvalue weighted by Gasteiger charge is 2.48. The molecule has 0 bridgehead atoms. The van der Waals surface area contributed by atoms with Gasteiger partial charge in [0.2, 0.25) is 5.91 Å².